The summed E-state index contributed by atoms with van der Waals surface area (Å²) in [7, 11) is 0. The van der Waals surface area contributed by atoms with E-state index in [1.165, 1.54) is 11.3 Å². The number of aromatic nitrogens is 1. The smallest absolute Gasteiger partial charge is 0.0400 e. The molecule has 0 aromatic carbocycles. The van der Waals surface area contributed by atoms with Gasteiger partial charge in [-0.1, -0.05) is 27.7 Å². The maximum Gasteiger partial charge on any atom is 0.0400 e. The van der Waals surface area contributed by atoms with Crippen LogP contribution in [0.4, 0.5) is 5.69 Å². The van der Waals surface area contributed by atoms with Crippen molar-refractivity contribution in [2.24, 2.45) is 11.3 Å². The Morgan fingerprint density at radius 3 is 2.60 bits per heavy atom. The summed E-state index contributed by atoms with van der Waals surface area (Å²) in [6.07, 6.45) is 3.72. The first kappa shape index (κ1) is 12.0. The number of aryl methyl sites for hydroxylation is 1. The van der Waals surface area contributed by atoms with Gasteiger partial charge in [0, 0.05) is 24.6 Å². The van der Waals surface area contributed by atoms with E-state index in [1.54, 1.807) is 0 Å². The van der Waals surface area contributed by atoms with E-state index < -0.39 is 0 Å². The maximum atomic E-state index is 4.08. The average Bonchev–Trinajstić information content (AvgIpc) is 2.16. The molecule has 1 heterocycles. The highest BCUT2D eigenvalue weighted by molar-refractivity contribution is 5.48. The standard InChI is InChI=1S/C13H22N2/c1-10(2)13(4,5)9-15-12-6-7-14-8-11(12)3/h6-8,10H,9H2,1-5H3,(H,14,15). The van der Waals surface area contributed by atoms with Crippen molar-refractivity contribution in [3.8, 4) is 0 Å². The Kier molecular flexibility index (Phi) is 3.72. The van der Waals surface area contributed by atoms with E-state index in [0.29, 0.717) is 11.3 Å². The van der Waals surface area contributed by atoms with Gasteiger partial charge in [-0.25, -0.2) is 0 Å². The van der Waals surface area contributed by atoms with E-state index in [2.05, 4.69) is 44.9 Å². The lowest BCUT2D eigenvalue weighted by Crippen LogP contribution is -2.28. The molecule has 1 rings (SSSR count). The van der Waals surface area contributed by atoms with Crippen LogP contribution in [0.15, 0.2) is 18.5 Å². The quantitative estimate of drug-likeness (QED) is 0.815. The second kappa shape index (κ2) is 4.65. The molecule has 0 aliphatic heterocycles. The first-order valence-electron chi connectivity index (χ1n) is 5.58. The van der Waals surface area contributed by atoms with Gasteiger partial charge >= 0.3 is 0 Å². The van der Waals surface area contributed by atoms with Crippen LogP contribution in [0.25, 0.3) is 0 Å². The third kappa shape index (κ3) is 3.22. The molecule has 2 nitrogen and oxygen atoms in total. The molecule has 0 aliphatic rings. The molecule has 0 amide bonds. The molecule has 0 bridgehead atoms. The summed E-state index contributed by atoms with van der Waals surface area (Å²) in [5, 5.41) is 3.49. The van der Waals surface area contributed by atoms with Gasteiger partial charge in [0.25, 0.3) is 0 Å². The number of anilines is 1. The summed E-state index contributed by atoms with van der Waals surface area (Å²) in [5.74, 6) is 0.673. The van der Waals surface area contributed by atoms with Gasteiger partial charge in [0.2, 0.25) is 0 Å². The lowest BCUT2D eigenvalue weighted by molar-refractivity contribution is 0.269. The Labute approximate surface area is 93.1 Å². The highest BCUT2D eigenvalue weighted by Crippen LogP contribution is 2.26. The number of nitrogens with one attached hydrogen (secondary N) is 1. The van der Waals surface area contributed by atoms with Crippen molar-refractivity contribution in [2.45, 2.75) is 34.6 Å². The Morgan fingerprint density at radius 1 is 1.40 bits per heavy atom. The first-order valence-corrected chi connectivity index (χ1v) is 5.58. The van der Waals surface area contributed by atoms with Crippen LogP contribution >= 0.6 is 0 Å². The lowest BCUT2D eigenvalue weighted by Gasteiger charge is -2.30. The van der Waals surface area contributed by atoms with Crippen LogP contribution in [0.2, 0.25) is 0 Å². The van der Waals surface area contributed by atoms with Crippen LogP contribution in [0.3, 0.4) is 0 Å². The Hall–Kier alpha value is -1.05. The van der Waals surface area contributed by atoms with Crippen molar-refractivity contribution >= 4 is 5.69 Å². The van der Waals surface area contributed by atoms with E-state index in [4.69, 9.17) is 0 Å². The zero-order valence-electron chi connectivity index (χ0n) is 10.5. The summed E-state index contributed by atoms with van der Waals surface area (Å²) in [6, 6.07) is 2.03. The van der Waals surface area contributed by atoms with Gasteiger partial charge in [0.05, 0.1) is 0 Å². The van der Waals surface area contributed by atoms with Gasteiger partial charge in [0.15, 0.2) is 0 Å². The van der Waals surface area contributed by atoms with Crippen LogP contribution in [0.1, 0.15) is 33.3 Å². The number of pyridine rings is 1. The Bertz CT molecular complexity index is 316. The van der Waals surface area contributed by atoms with Crippen LogP contribution < -0.4 is 5.32 Å². The fourth-order valence-corrected chi connectivity index (χ4v) is 1.20. The van der Waals surface area contributed by atoms with Gasteiger partial charge in [-0.15, -0.1) is 0 Å². The zero-order valence-corrected chi connectivity index (χ0v) is 10.5. The molecule has 0 aliphatic carbocycles. The molecule has 1 aromatic heterocycles. The molecule has 0 radical (unpaired) electrons. The van der Waals surface area contributed by atoms with Gasteiger partial charge in [-0.05, 0) is 29.9 Å². The number of hydrogen-bond donors (Lipinski definition) is 1. The third-order valence-electron chi connectivity index (χ3n) is 3.32. The molecular weight excluding hydrogens is 184 g/mol. The largest absolute Gasteiger partial charge is 0.384 e. The maximum absolute atomic E-state index is 4.08. The highest BCUT2D eigenvalue weighted by Gasteiger charge is 2.21. The molecule has 0 atom stereocenters. The van der Waals surface area contributed by atoms with Crippen LogP contribution in [-0.4, -0.2) is 11.5 Å². The predicted molar refractivity (Wildman–Crippen MR) is 66.1 cm³/mol. The first-order chi connectivity index (χ1) is 6.93. The van der Waals surface area contributed by atoms with Crippen molar-refractivity contribution in [1.29, 1.82) is 0 Å². The molecule has 1 aromatic rings. The highest BCUT2D eigenvalue weighted by atomic mass is 14.9. The molecule has 0 saturated carbocycles. The molecule has 0 saturated heterocycles. The number of rotatable bonds is 4. The SMILES string of the molecule is Cc1cnccc1NCC(C)(C)C(C)C. The molecule has 0 unspecified atom stereocenters. The summed E-state index contributed by atoms with van der Waals surface area (Å²) in [5.41, 5.74) is 2.71. The van der Waals surface area contributed by atoms with E-state index >= 15 is 0 Å². The summed E-state index contributed by atoms with van der Waals surface area (Å²) in [4.78, 5) is 4.08. The summed E-state index contributed by atoms with van der Waals surface area (Å²) < 4.78 is 0. The number of hydrogen-bond acceptors (Lipinski definition) is 2. The lowest BCUT2D eigenvalue weighted by atomic mass is 9.81. The fourth-order valence-electron chi connectivity index (χ4n) is 1.20. The zero-order chi connectivity index (χ0) is 11.5. The van der Waals surface area contributed by atoms with Gasteiger partial charge < -0.3 is 5.32 Å². The molecular formula is C13H22N2. The number of nitrogens with zero attached hydrogens (tertiary/aromatic N) is 1. The summed E-state index contributed by atoms with van der Waals surface area (Å²) >= 11 is 0. The van der Waals surface area contributed by atoms with Gasteiger partial charge in [0.1, 0.15) is 0 Å². The Morgan fingerprint density at radius 2 is 2.07 bits per heavy atom. The van der Waals surface area contributed by atoms with E-state index in [9.17, 15) is 0 Å². The van der Waals surface area contributed by atoms with Crippen LogP contribution in [0.5, 0.6) is 0 Å². The predicted octanol–water partition coefficient (Wildman–Crippen LogP) is 3.48. The van der Waals surface area contributed by atoms with Crippen LogP contribution in [0, 0.1) is 18.3 Å². The van der Waals surface area contributed by atoms with Crippen molar-refractivity contribution in [1.82, 2.24) is 4.98 Å². The molecule has 84 valence electrons. The fraction of sp³-hybridized carbons (Fsp3) is 0.615. The molecule has 0 spiro atoms. The average molecular weight is 206 g/mol. The molecule has 0 fully saturated rings. The summed E-state index contributed by atoms with van der Waals surface area (Å²) in [6.45, 7) is 12.2. The van der Waals surface area contributed by atoms with Crippen molar-refractivity contribution in [2.75, 3.05) is 11.9 Å². The minimum absolute atomic E-state index is 0.315. The van der Waals surface area contributed by atoms with Crippen molar-refractivity contribution in [3.63, 3.8) is 0 Å². The normalized spacial score (nSPS) is 11.9. The molecule has 2 heteroatoms. The van der Waals surface area contributed by atoms with Crippen molar-refractivity contribution < 1.29 is 0 Å². The topological polar surface area (TPSA) is 24.9 Å². The minimum atomic E-state index is 0.315. The van der Waals surface area contributed by atoms with Gasteiger partial charge in [-0.3, -0.25) is 4.98 Å². The molecule has 1 N–H and O–H groups in total. The van der Waals surface area contributed by atoms with E-state index in [1.807, 2.05) is 18.5 Å². The van der Waals surface area contributed by atoms with E-state index in [-0.39, 0.29) is 0 Å². The van der Waals surface area contributed by atoms with Gasteiger partial charge in [-0.2, -0.15) is 0 Å². The third-order valence-corrected chi connectivity index (χ3v) is 3.32. The second-order valence-corrected chi connectivity index (χ2v) is 5.19. The second-order valence-electron chi connectivity index (χ2n) is 5.19. The van der Waals surface area contributed by atoms with Crippen molar-refractivity contribution in [3.05, 3.63) is 24.0 Å². The molecule has 15 heavy (non-hydrogen) atoms. The Balaban J connectivity index is 2.62. The van der Waals surface area contributed by atoms with Crippen LogP contribution in [-0.2, 0) is 0 Å². The van der Waals surface area contributed by atoms with E-state index in [0.717, 1.165) is 6.54 Å². The monoisotopic (exact) mass is 206 g/mol. The minimum Gasteiger partial charge on any atom is -0.384 e.